The summed E-state index contributed by atoms with van der Waals surface area (Å²) in [6.45, 7) is 1.59. The molecule has 0 bridgehead atoms. The topological polar surface area (TPSA) is 29.5 Å². The monoisotopic (exact) mass is 282 g/mol. The van der Waals surface area contributed by atoms with Crippen molar-refractivity contribution in [2.45, 2.75) is 13.0 Å². The molecule has 0 aliphatic heterocycles. The molecule has 0 radical (unpaired) electrons. The van der Waals surface area contributed by atoms with Crippen LogP contribution in [-0.4, -0.2) is 5.11 Å². The van der Waals surface area contributed by atoms with Crippen LogP contribution in [-0.2, 0) is 0 Å². The highest BCUT2D eigenvalue weighted by atomic mass is 19.1. The molecule has 0 heterocycles. The minimum atomic E-state index is -0.795. The van der Waals surface area contributed by atoms with Gasteiger partial charge in [0.15, 0.2) is 0 Å². The number of hydrogen-bond acceptors (Lipinski definition) is 2. The zero-order valence-corrected chi connectivity index (χ0v) is 11.6. The highest BCUT2D eigenvalue weighted by Crippen LogP contribution is 2.31. The fourth-order valence-corrected chi connectivity index (χ4v) is 2.30. The average Bonchev–Trinajstić information content (AvgIpc) is 2.49. The Balaban J connectivity index is 1.98. The van der Waals surface area contributed by atoms with Gasteiger partial charge in [-0.1, -0.05) is 30.3 Å². The lowest BCUT2D eigenvalue weighted by Gasteiger charge is -2.13. The second kappa shape index (κ2) is 5.54. The summed E-state index contributed by atoms with van der Waals surface area (Å²) in [5.41, 5.74) is 0.433. The quantitative estimate of drug-likeness (QED) is 0.746. The van der Waals surface area contributed by atoms with Gasteiger partial charge in [0, 0.05) is 5.56 Å². The van der Waals surface area contributed by atoms with Crippen molar-refractivity contribution < 1.29 is 14.2 Å². The van der Waals surface area contributed by atoms with Gasteiger partial charge in [0.2, 0.25) is 0 Å². The second-order valence-corrected chi connectivity index (χ2v) is 4.97. The van der Waals surface area contributed by atoms with Crippen molar-refractivity contribution >= 4 is 10.8 Å². The van der Waals surface area contributed by atoms with E-state index in [2.05, 4.69) is 0 Å². The van der Waals surface area contributed by atoms with Crippen molar-refractivity contribution in [1.29, 1.82) is 0 Å². The maximum absolute atomic E-state index is 13.3. The van der Waals surface area contributed by atoms with Crippen LogP contribution in [0, 0.1) is 5.82 Å². The van der Waals surface area contributed by atoms with E-state index >= 15 is 0 Å². The zero-order valence-electron chi connectivity index (χ0n) is 11.6. The van der Waals surface area contributed by atoms with Crippen LogP contribution in [0.1, 0.15) is 18.6 Å². The molecule has 3 rings (SSSR count). The molecule has 0 saturated heterocycles. The Morgan fingerprint density at radius 3 is 2.48 bits per heavy atom. The number of hydrogen-bond donors (Lipinski definition) is 1. The van der Waals surface area contributed by atoms with Gasteiger partial charge in [-0.3, -0.25) is 0 Å². The Morgan fingerprint density at radius 1 is 0.952 bits per heavy atom. The molecule has 0 aromatic heterocycles. The molecule has 0 spiro atoms. The molecule has 3 aromatic carbocycles. The summed E-state index contributed by atoms with van der Waals surface area (Å²) < 4.78 is 19.1. The lowest BCUT2D eigenvalue weighted by molar-refractivity contribution is 0.195. The molecule has 0 amide bonds. The van der Waals surface area contributed by atoms with Gasteiger partial charge in [0.1, 0.15) is 17.3 Å². The first-order valence-corrected chi connectivity index (χ1v) is 6.77. The number of rotatable bonds is 3. The van der Waals surface area contributed by atoms with Crippen LogP contribution in [0.2, 0.25) is 0 Å². The highest BCUT2D eigenvalue weighted by molar-refractivity contribution is 5.83. The maximum Gasteiger partial charge on any atom is 0.133 e. The molecular weight excluding hydrogens is 267 g/mol. The zero-order chi connectivity index (χ0) is 14.8. The number of benzene rings is 3. The van der Waals surface area contributed by atoms with Crippen LogP contribution >= 0.6 is 0 Å². The first-order valence-electron chi connectivity index (χ1n) is 6.77. The van der Waals surface area contributed by atoms with Gasteiger partial charge >= 0.3 is 0 Å². The van der Waals surface area contributed by atoms with E-state index in [1.807, 2.05) is 42.5 Å². The molecule has 2 nitrogen and oxygen atoms in total. The molecule has 1 N–H and O–H groups in total. The predicted molar refractivity (Wildman–Crippen MR) is 81.1 cm³/mol. The summed E-state index contributed by atoms with van der Waals surface area (Å²) in [6.07, 6.45) is -0.795. The lowest BCUT2D eigenvalue weighted by Crippen LogP contribution is -1.97. The number of aliphatic hydroxyl groups excluding tert-OH is 1. The Bertz CT molecular complexity index is 781. The fourth-order valence-electron chi connectivity index (χ4n) is 2.30. The predicted octanol–water partition coefficient (Wildman–Crippen LogP) is 4.82. The van der Waals surface area contributed by atoms with Gasteiger partial charge in [-0.2, -0.15) is 0 Å². The van der Waals surface area contributed by atoms with Gasteiger partial charge < -0.3 is 9.84 Å². The number of fused-ring (bicyclic) bond motifs is 1. The third-order valence-corrected chi connectivity index (χ3v) is 3.37. The highest BCUT2D eigenvalue weighted by Gasteiger charge is 2.11. The fraction of sp³-hybridized carbons (Fsp3) is 0.111. The molecule has 0 saturated carbocycles. The van der Waals surface area contributed by atoms with Crippen molar-refractivity contribution in [3.8, 4) is 11.5 Å². The summed E-state index contributed by atoms with van der Waals surface area (Å²) in [5, 5.41) is 11.9. The first-order chi connectivity index (χ1) is 10.1. The Kier molecular flexibility index (Phi) is 3.59. The van der Waals surface area contributed by atoms with E-state index < -0.39 is 11.9 Å². The van der Waals surface area contributed by atoms with Crippen LogP contribution in [0.25, 0.3) is 10.8 Å². The SMILES string of the molecule is C[C@@H](O)c1cc(F)ccc1Oc1ccc2ccccc2c1. The molecule has 0 fully saturated rings. The van der Waals surface area contributed by atoms with Gasteiger partial charge in [-0.05, 0) is 48.0 Å². The van der Waals surface area contributed by atoms with E-state index in [0.29, 0.717) is 17.1 Å². The standard InChI is InChI=1S/C18H15FO2/c1-12(20)17-11-15(19)7-9-18(17)21-16-8-6-13-4-2-3-5-14(13)10-16/h2-12,20H,1H3/t12-/m1/s1. The van der Waals surface area contributed by atoms with E-state index in [4.69, 9.17) is 4.74 Å². The van der Waals surface area contributed by atoms with E-state index in [0.717, 1.165) is 10.8 Å². The average molecular weight is 282 g/mol. The minimum Gasteiger partial charge on any atom is -0.457 e. The third-order valence-electron chi connectivity index (χ3n) is 3.37. The number of ether oxygens (including phenoxy) is 1. The summed E-state index contributed by atoms with van der Waals surface area (Å²) in [7, 11) is 0. The van der Waals surface area contributed by atoms with Gasteiger partial charge in [0.25, 0.3) is 0 Å². The molecule has 1 atom stereocenters. The van der Waals surface area contributed by atoms with E-state index in [1.165, 1.54) is 18.2 Å². The largest absolute Gasteiger partial charge is 0.457 e. The molecule has 3 heteroatoms. The summed E-state index contributed by atoms with van der Waals surface area (Å²) in [6, 6.07) is 17.9. The van der Waals surface area contributed by atoms with Crippen LogP contribution in [0.3, 0.4) is 0 Å². The van der Waals surface area contributed by atoms with Gasteiger partial charge in [0.05, 0.1) is 6.10 Å². The lowest BCUT2D eigenvalue weighted by atomic mass is 10.1. The summed E-state index contributed by atoms with van der Waals surface area (Å²) in [5.74, 6) is 0.723. The number of halogens is 1. The molecule has 0 aliphatic carbocycles. The van der Waals surface area contributed by atoms with Crippen molar-refractivity contribution in [2.75, 3.05) is 0 Å². The van der Waals surface area contributed by atoms with Crippen molar-refractivity contribution in [1.82, 2.24) is 0 Å². The molecule has 3 aromatic rings. The third kappa shape index (κ3) is 2.88. The smallest absolute Gasteiger partial charge is 0.133 e. The van der Waals surface area contributed by atoms with E-state index in [1.54, 1.807) is 6.92 Å². The van der Waals surface area contributed by atoms with E-state index in [9.17, 15) is 9.50 Å². The Morgan fingerprint density at radius 2 is 1.71 bits per heavy atom. The van der Waals surface area contributed by atoms with Gasteiger partial charge in [-0.25, -0.2) is 4.39 Å². The van der Waals surface area contributed by atoms with Crippen LogP contribution in [0.15, 0.2) is 60.7 Å². The van der Waals surface area contributed by atoms with Crippen LogP contribution < -0.4 is 4.74 Å². The Labute approximate surface area is 122 Å². The van der Waals surface area contributed by atoms with E-state index in [-0.39, 0.29) is 0 Å². The van der Waals surface area contributed by atoms with Crippen molar-refractivity contribution in [3.63, 3.8) is 0 Å². The normalized spacial score (nSPS) is 12.3. The molecular formula is C18H15FO2. The van der Waals surface area contributed by atoms with Crippen LogP contribution in [0.4, 0.5) is 4.39 Å². The minimum absolute atomic E-state index is 0.392. The second-order valence-electron chi connectivity index (χ2n) is 4.97. The summed E-state index contributed by atoms with van der Waals surface area (Å²) >= 11 is 0. The molecule has 21 heavy (non-hydrogen) atoms. The molecule has 106 valence electrons. The number of aliphatic hydroxyl groups is 1. The first kappa shape index (κ1) is 13.6. The summed E-state index contributed by atoms with van der Waals surface area (Å²) in [4.78, 5) is 0. The Hall–Kier alpha value is -2.39. The van der Waals surface area contributed by atoms with Crippen molar-refractivity contribution in [3.05, 3.63) is 72.0 Å². The maximum atomic E-state index is 13.3. The molecule has 0 aliphatic rings. The van der Waals surface area contributed by atoms with Gasteiger partial charge in [-0.15, -0.1) is 0 Å². The van der Waals surface area contributed by atoms with Crippen molar-refractivity contribution in [2.24, 2.45) is 0 Å². The molecule has 0 unspecified atom stereocenters. The van der Waals surface area contributed by atoms with Crippen LogP contribution in [0.5, 0.6) is 11.5 Å².